The average Bonchev–Trinajstić information content (AvgIpc) is 2.00. The Morgan fingerprint density at radius 3 is 2.15 bits per heavy atom. The van der Waals surface area contributed by atoms with E-state index in [-0.39, 0.29) is 5.60 Å². The monoisotopic (exact) mass is 187 g/mol. The fraction of sp³-hybridized carbons (Fsp3) is 1.00. The highest BCUT2D eigenvalue weighted by Gasteiger charge is 2.19. The molecule has 0 aliphatic heterocycles. The molecule has 0 spiro atoms. The van der Waals surface area contributed by atoms with Gasteiger partial charge in [0, 0.05) is 13.2 Å². The van der Waals surface area contributed by atoms with Crippen LogP contribution in [0.2, 0.25) is 0 Å². The van der Waals surface area contributed by atoms with Crippen LogP contribution in [0.5, 0.6) is 0 Å². The van der Waals surface area contributed by atoms with Crippen molar-refractivity contribution in [3.8, 4) is 0 Å². The molecule has 0 aromatic heterocycles. The van der Waals surface area contributed by atoms with E-state index >= 15 is 0 Å². The van der Waals surface area contributed by atoms with Gasteiger partial charge in [0.25, 0.3) is 0 Å². The number of rotatable bonds is 6. The summed E-state index contributed by atoms with van der Waals surface area (Å²) in [7, 11) is 1.77. The van der Waals surface area contributed by atoms with Crippen molar-refractivity contribution in [2.24, 2.45) is 5.92 Å². The van der Waals surface area contributed by atoms with Gasteiger partial charge in [-0.05, 0) is 39.7 Å². The normalized spacial score (nSPS) is 15.0. The number of nitrogens with one attached hydrogen (secondary N) is 1. The van der Waals surface area contributed by atoms with E-state index in [2.05, 4.69) is 39.9 Å². The molecule has 80 valence electrons. The molecular formula is C11H25NO. The molecule has 0 aromatic carbocycles. The second-order valence-corrected chi connectivity index (χ2v) is 4.87. The van der Waals surface area contributed by atoms with Crippen LogP contribution < -0.4 is 5.32 Å². The number of ether oxygens (including phenoxy) is 1. The Balaban J connectivity index is 3.67. The molecule has 0 aromatic rings. The molecule has 0 rings (SSSR count). The minimum absolute atomic E-state index is 0.0105. The van der Waals surface area contributed by atoms with Crippen molar-refractivity contribution in [1.29, 1.82) is 0 Å². The lowest BCUT2D eigenvalue weighted by atomic mass is 9.99. The van der Waals surface area contributed by atoms with Crippen LogP contribution in [0.4, 0.5) is 0 Å². The Morgan fingerprint density at radius 1 is 1.23 bits per heavy atom. The van der Waals surface area contributed by atoms with Gasteiger partial charge in [-0.1, -0.05) is 13.8 Å². The summed E-state index contributed by atoms with van der Waals surface area (Å²) in [6.45, 7) is 12.0. The summed E-state index contributed by atoms with van der Waals surface area (Å²) in [5.41, 5.74) is -0.0105. The lowest BCUT2D eigenvalue weighted by molar-refractivity contribution is 0.00840. The van der Waals surface area contributed by atoms with Crippen LogP contribution in [0, 0.1) is 5.92 Å². The van der Waals surface area contributed by atoms with Crippen LogP contribution in [0.15, 0.2) is 0 Å². The summed E-state index contributed by atoms with van der Waals surface area (Å²) in [6.07, 6.45) is 1.05. The maximum atomic E-state index is 5.38. The van der Waals surface area contributed by atoms with Crippen LogP contribution in [-0.2, 0) is 4.74 Å². The van der Waals surface area contributed by atoms with E-state index in [1.54, 1.807) is 7.11 Å². The van der Waals surface area contributed by atoms with Crippen molar-refractivity contribution in [3.63, 3.8) is 0 Å². The maximum absolute atomic E-state index is 5.38. The molecule has 1 unspecified atom stereocenters. The zero-order valence-corrected chi connectivity index (χ0v) is 9.98. The number of hydrogen-bond acceptors (Lipinski definition) is 2. The predicted octanol–water partition coefficient (Wildman–Crippen LogP) is 2.44. The highest BCUT2D eigenvalue weighted by atomic mass is 16.5. The van der Waals surface area contributed by atoms with E-state index in [0.29, 0.717) is 12.0 Å². The highest BCUT2D eigenvalue weighted by molar-refractivity contribution is 4.75. The quantitative estimate of drug-likeness (QED) is 0.689. The number of hydrogen-bond donors (Lipinski definition) is 1. The number of methoxy groups -OCH3 is 1. The van der Waals surface area contributed by atoms with Gasteiger partial charge in [-0.3, -0.25) is 0 Å². The van der Waals surface area contributed by atoms with Gasteiger partial charge in [-0.2, -0.15) is 0 Å². The first kappa shape index (κ1) is 12.9. The molecule has 0 bridgehead atoms. The van der Waals surface area contributed by atoms with Crippen LogP contribution in [0.1, 0.15) is 41.0 Å². The Bertz CT molecular complexity index is 132. The molecule has 0 saturated heterocycles. The smallest absolute Gasteiger partial charge is 0.0637 e. The van der Waals surface area contributed by atoms with Gasteiger partial charge in [-0.25, -0.2) is 0 Å². The zero-order chi connectivity index (χ0) is 10.5. The van der Waals surface area contributed by atoms with Crippen LogP contribution in [0.25, 0.3) is 0 Å². The molecule has 0 aliphatic rings. The fourth-order valence-electron chi connectivity index (χ4n) is 1.33. The standard InChI is InChI=1S/C11H25NO/c1-9(2)8-12-10(3)7-11(4,5)13-6/h9-10,12H,7-8H2,1-6H3. The average molecular weight is 187 g/mol. The van der Waals surface area contributed by atoms with Crippen LogP contribution in [0.3, 0.4) is 0 Å². The Kier molecular flexibility index (Phi) is 5.57. The maximum Gasteiger partial charge on any atom is 0.0637 e. The van der Waals surface area contributed by atoms with E-state index in [1.165, 1.54) is 0 Å². The molecule has 0 amide bonds. The largest absolute Gasteiger partial charge is 0.379 e. The molecule has 0 fully saturated rings. The minimum atomic E-state index is -0.0105. The zero-order valence-electron chi connectivity index (χ0n) is 9.98. The summed E-state index contributed by atoms with van der Waals surface area (Å²) in [5.74, 6) is 0.716. The molecule has 0 saturated carbocycles. The van der Waals surface area contributed by atoms with Crippen molar-refractivity contribution in [1.82, 2.24) is 5.32 Å². The van der Waals surface area contributed by atoms with E-state index in [9.17, 15) is 0 Å². The van der Waals surface area contributed by atoms with Gasteiger partial charge < -0.3 is 10.1 Å². The first-order chi connectivity index (χ1) is 5.87. The van der Waals surface area contributed by atoms with Crippen LogP contribution in [-0.4, -0.2) is 25.3 Å². The SMILES string of the molecule is COC(C)(C)CC(C)NCC(C)C. The molecule has 0 heterocycles. The van der Waals surface area contributed by atoms with Gasteiger partial charge in [0.1, 0.15) is 0 Å². The Labute approximate surface area is 83.1 Å². The first-order valence-electron chi connectivity index (χ1n) is 5.16. The fourth-order valence-corrected chi connectivity index (χ4v) is 1.33. The van der Waals surface area contributed by atoms with Gasteiger partial charge in [0.05, 0.1) is 5.60 Å². The minimum Gasteiger partial charge on any atom is -0.379 e. The van der Waals surface area contributed by atoms with E-state index in [4.69, 9.17) is 4.74 Å². The van der Waals surface area contributed by atoms with Gasteiger partial charge in [0.15, 0.2) is 0 Å². The molecular weight excluding hydrogens is 162 g/mol. The van der Waals surface area contributed by atoms with Crippen molar-refractivity contribution >= 4 is 0 Å². The van der Waals surface area contributed by atoms with E-state index < -0.39 is 0 Å². The van der Waals surface area contributed by atoms with Gasteiger partial charge in [0.2, 0.25) is 0 Å². The second-order valence-electron chi connectivity index (χ2n) is 4.87. The Morgan fingerprint density at radius 2 is 1.77 bits per heavy atom. The topological polar surface area (TPSA) is 21.3 Å². The van der Waals surface area contributed by atoms with Crippen molar-refractivity contribution in [3.05, 3.63) is 0 Å². The third-order valence-electron chi connectivity index (χ3n) is 2.22. The van der Waals surface area contributed by atoms with Crippen molar-refractivity contribution in [2.75, 3.05) is 13.7 Å². The van der Waals surface area contributed by atoms with E-state index in [1.807, 2.05) is 0 Å². The summed E-state index contributed by atoms with van der Waals surface area (Å²) in [4.78, 5) is 0. The van der Waals surface area contributed by atoms with E-state index in [0.717, 1.165) is 13.0 Å². The lowest BCUT2D eigenvalue weighted by Gasteiger charge is -2.27. The van der Waals surface area contributed by atoms with Crippen LogP contribution >= 0.6 is 0 Å². The summed E-state index contributed by atoms with van der Waals surface area (Å²) >= 11 is 0. The first-order valence-corrected chi connectivity index (χ1v) is 5.16. The second kappa shape index (κ2) is 5.61. The molecule has 0 aliphatic carbocycles. The van der Waals surface area contributed by atoms with Gasteiger partial charge >= 0.3 is 0 Å². The summed E-state index contributed by atoms with van der Waals surface area (Å²) < 4.78 is 5.38. The van der Waals surface area contributed by atoms with Crippen molar-refractivity contribution < 1.29 is 4.74 Å². The van der Waals surface area contributed by atoms with Crippen molar-refractivity contribution in [2.45, 2.75) is 52.7 Å². The molecule has 1 N–H and O–H groups in total. The predicted molar refractivity (Wildman–Crippen MR) is 58.0 cm³/mol. The summed E-state index contributed by atoms with van der Waals surface area (Å²) in [5, 5.41) is 3.49. The molecule has 13 heavy (non-hydrogen) atoms. The molecule has 1 atom stereocenters. The third kappa shape index (κ3) is 7.03. The Hall–Kier alpha value is -0.0800. The molecule has 2 heteroatoms. The van der Waals surface area contributed by atoms with Gasteiger partial charge in [-0.15, -0.1) is 0 Å². The highest BCUT2D eigenvalue weighted by Crippen LogP contribution is 2.15. The summed E-state index contributed by atoms with van der Waals surface area (Å²) in [6, 6.07) is 0.525. The lowest BCUT2D eigenvalue weighted by Crippen LogP contribution is -2.37. The molecule has 0 radical (unpaired) electrons. The molecule has 2 nitrogen and oxygen atoms in total. The third-order valence-corrected chi connectivity index (χ3v) is 2.22.